The van der Waals surface area contributed by atoms with E-state index >= 15 is 0 Å². The van der Waals surface area contributed by atoms with Crippen molar-refractivity contribution in [3.8, 4) is 6.07 Å². The second kappa shape index (κ2) is 6.57. The van der Waals surface area contributed by atoms with Crippen LogP contribution in [0.1, 0.15) is 38.5 Å². The van der Waals surface area contributed by atoms with Gasteiger partial charge in [-0.15, -0.1) is 0 Å². The first-order valence-corrected chi connectivity index (χ1v) is 8.36. The summed E-state index contributed by atoms with van der Waals surface area (Å²) in [6.45, 7) is 1.52. The predicted molar refractivity (Wildman–Crippen MR) is 86.3 cm³/mol. The van der Waals surface area contributed by atoms with Crippen molar-refractivity contribution in [3.63, 3.8) is 0 Å². The fourth-order valence-corrected chi connectivity index (χ4v) is 3.69. The first-order valence-electron chi connectivity index (χ1n) is 8.36. The molecule has 1 N–H and O–H groups in total. The molecule has 0 spiro atoms. The molecule has 1 unspecified atom stereocenters. The van der Waals surface area contributed by atoms with Crippen LogP contribution in [0.4, 0.5) is 10.1 Å². The van der Waals surface area contributed by atoms with Gasteiger partial charge in [-0.25, -0.2) is 4.39 Å². The van der Waals surface area contributed by atoms with Crippen molar-refractivity contribution >= 4 is 11.6 Å². The lowest BCUT2D eigenvalue weighted by atomic mass is 9.86. The van der Waals surface area contributed by atoms with Gasteiger partial charge in [-0.05, 0) is 43.9 Å². The molecule has 1 saturated heterocycles. The quantitative estimate of drug-likeness (QED) is 0.933. The third kappa shape index (κ3) is 3.31. The zero-order valence-corrected chi connectivity index (χ0v) is 13.2. The number of carbonyl (C=O) groups excluding carboxylic acids is 1. The average molecular weight is 315 g/mol. The highest BCUT2D eigenvalue weighted by atomic mass is 19.1. The van der Waals surface area contributed by atoms with Crippen LogP contribution in [0.15, 0.2) is 24.3 Å². The first kappa shape index (κ1) is 15.8. The third-order valence-corrected chi connectivity index (χ3v) is 5.04. The van der Waals surface area contributed by atoms with E-state index in [1.54, 1.807) is 6.07 Å². The maximum atomic E-state index is 13.4. The minimum atomic E-state index is -0.832. The second-order valence-corrected chi connectivity index (χ2v) is 6.64. The summed E-state index contributed by atoms with van der Waals surface area (Å²) in [5, 5.41) is 12.5. The van der Waals surface area contributed by atoms with Gasteiger partial charge in [0, 0.05) is 24.8 Å². The Morgan fingerprint density at radius 3 is 2.83 bits per heavy atom. The number of halogens is 1. The van der Waals surface area contributed by atoms with E-state index in [2.05, 4.69) is 16.3 Å². The third-order valence-electron chi connectivity index (χ3n) is 5.04. The van der Waals surface area contributed by atoms with E-state index in [-0.39, 0.29) is 17.8 Å². The molecule has 1 aromatic rings. The summed E-state index contributed by atoms with van der Waals surface area (Å²) in [5.74, 6) is -0.369. The molecule has 2 fully saturated rings. The molecule has 0 radical (unpaired) electrons. The van der Waals surface area contributed by atoms with Crippen molar-refractivity contribution in [1.82, 2.24) is 5.32 Å². The van der Waals surface area contributed by atoms with Crippen molar-refractivity contribution in [1.29, 1.82) is 5.26 Å². The van der Waals surface area contributed by atoms with Crippen LogP contribution in [-0.4, -0.2) is 25.0 Å². The number of benzene rings is 1. The number of anilines is 1. The van der Waals surface area contributed by atoms with E-state index in [9.17, 15) is 14.4 Å². The smallest absolute Gasteiger partial charge is 0.240 e. The van der Waals surface area contributed by atoms with Crippen molar-refractivity contribution in [3.05, 3.63) is 30.1 Å². The van der Waals surface area contributed by atoms with E-state index in [1.165, 1.54) is 12.1 Å². The molecule has 0 bridgehead atoms. The van der Waals surface area contributed by atoms with Gasteiger partial charge in [-0.2, -0.15) is 5.26 Å². The van der Waals surface area contributed by atoms with Crippen LogP contribution in [0.25, 0.3) is 0 Å². The molecule has 1 amide bonds. The van der Waals surface area contributed by atoms with Crippen LogP contribution in [0.5, 0.6) is 0 Å². The van der Waals surface area contributed by atoms with Crippen molar-refractivity contribution in [2.24, 2.45) is 5.41 Å². The number of nitrogens with one attached hydrogen (secondary N) is 1. The summed E-state index contributed by atoms with van der Waals surface area (Å²) in [7, 11) is 0. The van der Waals surface area contributed by atoms with E-state index in [0.29, 0.717) is 19.4 Å². The fourth-order valence-electron chi connectivity index (χ4n) is 3.69. The van der Waals surface area contributed by atoms with Crippen LogP contribution < -0.4 is 10.2 Å². The van der Waals surface area contributed by atoms with Gasteiger partial charge in [0.15, 0.2) is 0 Å². The van der Waals surface area contributed by atoms with Gasteiger partial charge in [0.05, 0.1) is 6.07 Å². The lowest BCUT2D eigenvalue weighted by Gasteiger charge is -2.36. The van der Waals surface area contributed by atoms with E-state index < -0.39 is 5.41 Å². The molecule has 2 aliphatic rings. The van der Waals surface area contributed by atoms with E-state index in [4.69, 9.17) is 0 Å². The summed E-state index contributed by atoms with van der Waals surface area (Å²) < 4.78 is 13.4. The van der Waals surface area contributed by atoms with Crippen LogP contribution in [0.2, 0.25) is 0 Å². The average Bonchev–Trinajstić information content (AvgIpc) is 3.05. The standard InChI is InChI=1S/C18H22FN3O/c19-14-5-3-7-16(11-14)22-10-4-6-15(12-22)21-17(23)18(13-20)8-1-2-9-18/h3,5,7,11,15H,1-2,4,6,8-10,12H2,(H,21,23). The molecule has 1 aromatic carbocycles. The number of hydrogen-bond acceptors (Lipinski definition) is 3. The molecule has 4 nitrogen and oxygen atoms in total. The molecule has 0 aromatic heterocycles. The molecule has 1 heterocycles. The van der Waals surface area contributed by atoms with Crippen LogP contribution >= 0.6 is 0 Å². The Kier molecular flexibility index (Phi) is 4.51. The Hall–Kier alpha value is -2.09. The summed E-state index contributed by atoms with van der Waals surface area (Å²) in [6, 6.07) is 8.81. The highest BCUT2D eigenvalue weighted by Gasteiger charge is 2.42. The number of hydrogen-bond donors (Lipinski definition) is 1. The van der Waals surface area contributed by atoms with E-state index in [0.717, 1.165) is 37.9 Å². The highest BCUT2D eigenvalue weighted by Crippen LogP contribution is 2.37. The molecule has 1 aliphatic carbocycles. The molecule has 3 rings (SSSR count). The molecule has 23 heavy (non-hydrogen) atoms. The number of carbonyl (C=O) groups is 1. The lowest BCUT2D eigenvalue weighted by molar-refractivity contribution is -0.128. The maximum Gasteiger partial charge on any atom is 0.240 e. The molecular weight excluding hydrogens is 293 g/mol. The second-order valence-electron chi connectivity index (χ2n) is 6.64. The van der Waals surface area contributed by atoms with Crippen LogP contribution in [0.3, 0.4) is 0 Å². The number of rotatable bonds is 3. The van der Waals surface area contributed by atoms with Gasteiger partial charge in [0.1, 0.15) is 11.2 Å². The normalized spacial score (nSPS) is 23.3. The van der Waals surface area contributed by atoms with Gasteiger partial charge in [0.2, 0.25) is 5.91 Å². The summed E-state index contributed by atoms with van der Waals surface area (Å²) in [5.41, 5.74) is 0.0148. The van der Waals surface area contributed by atoms with Crippen LogP contribution in [-0.2, 0) is 4.79 Å². The first-order chi connectivity index (χ1) is 11.1. The number of piperidine rings is 1. The topological polar surface area (TPSA) is 56.1 Å². The van der Waals surface area contributed by atoms with Crippen molar-refractivity contribution < 1.29 is 9.18 Å². The maximum absolute atomic E-state index is 13.4. The van der Waals surface area contributed by atoms with Gasteiger partial charge in [-0.1, -0.05) is 18.9 Å². The minimum absolute atomic E-state index is 0.0188. The zero-order valence-electron chi connectivity index (χ0n) is 13.2. The number of amides is 1. The van der Waals surface area contributed by atoms with Gasteiger partial charge in [0.25, 0.3) is 0 Å². The molecule has 5 heteroatoms. The summed E-state index contributed by atoms with van der Waals surface area (Å²) in [6.07, 6.45) is 5.06. The zero-order chi connectivity index (χ0) is 16.3. The summed E-state index contributed by atoms with van der Waals surface area (Å²) in [4.78, 5) is 14.7. The van der Waals surface area contributed by atoms with E-state index in [1.807, 2.05) is 6.07 Å². The number of nitriles is 1. The fraction of sp³-hybridized carbons (Fsp3) is 0.556. The number of nitrogens with zero attached hydrogens (tertiary/aromatic N) is 2. The molecular formula is C18H22FN3O. The largest absolute Gasteiger partial charge is 0.369 e. The Labute approximate surface area is 136 Å². The SMILES string of the molecule is N#CC1(C(=O)NC2CCCN(c3cccc(F)c3)C2)CCCC1. The Bertz CT molecular complexity index is 619. The minimum Gasteiger partial charge on any atom is -0.369 e. The molecule has 1 saturated carbocycles. The van der Waals surface area contributed by atoms with Gasteiger partial charge in [-0.3, -0.25) is 4.79 Å². The molecule has 1 atom stereocenters. The predicted octanol–water partition coefficient (Wildman–Crippen LogP) is 2.99. The van der Waals surface area contributed by atoms with Gasteiger partial charge < -0.3 is 10.2 Å². The van der Waals surface area contributed by atoms with Crippen LogP contribution in [0, 0.1) is 22.6 Å². The Morgan fingerprint density at radius 2 is 2.13 bits per heavy atom. The molecule has 122 valence electrons. The Morgan fingerprint density at radius 1 is 1.35 bits per heavy atom. The summed E-state index contributed by atoms with van der Waals surface area (Å²) >= 11 is 0. The molecule has 1 aliphatic heterocycles. The van der Waals surface area contributed by atoms with Crippen molar-refractivity contribution in [2.45, 2.75) is 44.6 Å². The monoisotopic (exact) mass is 315 g/mol. The van der Waals surface area contributed by atoms with Gasteiger partial charge >= 0.3 is 0 Å². The van der Waals surface area contributed by atoms with Crippen molar-refractivity contribution in [2.75, 3.05) is 18.0 Å². The Balaban J connectivity index is 1.65. The lowest BCUT2D eigenvalue weighted by Crippen LogP contribution is -2.51. The highest BCUT2D eigenvalue weighted by molar-refractivity contribution is 5.86.